The van der Waals surface area contributed by atoms with E-state index in [0.29, 0.717) is 13.2 Å². The van der Waals surface area contributed by atoms with E-state index in [0.717, 1.165) is 37.8 Å². The van der Waals surface area contributed by atoms with Crippen molar-refractivity contribution >= 4 is 17.7 Å². The Morgan fingerprint density at radius 3 is 2.76 bits per heavy atom. The summed E-state index contributed by atoms with van der Waals surface area (Å²) in [6, 6.07) is 10.2. The van der Waals surface area contributed by atoms with Gasteiger partial charge in [0.1, 0.15) is 0 Å². The molecule has 0 saturated carbocycles. The summed E-state index contributed by atoms with van der Waals surface area (Å²) in [5.74, 6) is 2.03. The SMILES string of the molecule is CCNC(=NCCCSC)NCCOCc1ccccc1. The lowest BCUT2D eigenvalue weighted by molar-refractivity contribution is 0.125. The summed E-state index contributed by atoms with van der Waals surface area (Å²) < 4.78 is 5.64. The maximum absolute atomic E-state index is 5.64. The lowest BCUT2D eigenvalue weighted by Crippen LogP contribution is -2.39. The topological polar surface area (TPSA) is 45.7 Å². The Labute approximate surface area is 132 Å². The molecule has 1 aromatic carbocycles. The molecule has 0 radical (unpaired) electrons. The molecule has 0 bridgehead atoms. The van der Waals surface area contributed by atoms with Crippen LogP contribution in [0.3, 0.4) is 0 Å². The van der Waals surface area contributed by atoms with Gasteiger partial charge < -0.3 is 15.4 Å². The second kappa shape index (κ2) is 12.5. The van der Waals surface area contributed by atoms with Crippen LogP contribution >= 0.6 is 11.8 Å². The zero-order chi connectivity index (χ0) is 15.2. The zero-order valence-electron chi connectivity index (χ0n) is 13.1. The third kappa shape index (κ3) is 9.37. The third-order valence-corrected chi connectivity index (χ3v) is 3.47. The van der Waals surface area contributed by atoms with Gasteiger partial charge in [0.15, 0.2) is 5.96 Å². The predicted octanol–water partition coefficient (Wildman–Crippen LogP) is 2.51. The van der Waals surface area contributed by atoms with Crippen molar-refractivity contribution in [2.45, 2.75) is 20.0 Å². The van der Waals surface area contributed by atoms with E-state index in [4.69, 9.17) is 4.74 Å². The highest BCUT2D eigenvalue weighted by atomic mass is 32.2. The van der Waals surface area contributed by atoms with Crippen LogP contribution in [-0.2, 0) is 11.3 Å². The molecule has 2 N–H and O–H groups in total. The molecule has 0 spiro atoms. The van der Waals surface area contributed by atoms with Crippen LogP contribution in [0.15, 0.2) is 35.3 Å². The molecule has 1 aromatic rings. The number of nitrogens with one attached hydrogen (secondary N) is 2. The van der Waals surface area contributed by atoms with Gasteiger partial charge in [-0.15, -0.1) is 0 Å². The second-order valence-corrected chi connectivity index (χ2v) is 5.56. The van der Waals surface area contributed by atoms with Crippen molar-refractivity contribution in [1.82, 2.24) is 10.6 Å². The van der Waals surface area contributed by atoms with Gasteiger partial charge in [0.2, 0.25) is 0 Å². The Morgan fingerprint density at radius 2 is 2.05 bits per heavy atom. The molecule has 21 heavy (non-hydrogen) atoms. The lowest BCUT2D eigenvalue weighted by Gasteiger charge is -2.11. The average Bonchev–Trinajstić information content (AvgIpc) is 2.52. The zero-order valence-corrected chi connectivity index (χ0v) is 13.9. The van der Waals surface area contributed by atoms with Crippen LogP contribution in [-0.4, -0.2) is 44.2 Å². The van der Waals surface area contributed by atoms with Crippen LogP contribution in [0.2, 0.25) is 0 Å². The molecule has 0 heterocycles. The van der Waals surface area contributed by atoms with Crippen molar-refractivity contribution in [1.29, 1.82) is 0 Å². The minimum Gasteiger partial charge on any atom is -0.375 e. The fourth-order valence-electron chi connectivity index (χ4n) is 1.75. The summed E-state index contributed by atoms with van der Waals surface area (Å²) in [6.07, 6.45) is 3.24. The summed E-state index contributed by atoms with van der Waals surface area (Å²) in [6.45, 7) is 5.90. The van der Waals surface area contributed by atoms with Crippen LogP contribution in [0.4, 0.5) is 0 Å². The van der Waals surface area contributed by atoms with E-state index in [2.05, 4.69) is 40.9 Å². The Kier molecular flexibility index (Phi) is 10.7. The number of hydrogen-bond acceptors (Lipinski definition) is 3. The third-order valence-electron chi connectivity index (χ3n) is 2.77. The normalized spacial score (nSPS) is 11.4. The average molecular weight is 309 g/mol. The van der Waals surface area contributed by atoms with E-state index in [1.165, 1.54) is 5.56 Å². The van der Waals surface area contributed by atoms with Crippen molar-refractivity contribution in [2.24, 2.45) is 4.99 Å². The van der Waals surface area contributed by atoms with Gasteiger partial charge in [0.25, 0.3) is 0 Å². The Balaban J connectivity index is 2.14. The number of thioether (sulfide) groups is 1. The highest BCUT2D eigenvalue weighted by Crippen LogP contribution is 1.99. The van der Waals surface area contributed by atoms with Gasteiger partial charge in [0.05, 0.1) is 13.2 Å². The number of ether oxygens (including phenoxy) is 1. The van der Waals surface area contributed by atoms with Crippen molar-refractivity contribution < 1.29 is 4.74 Å². The lowest BCUT2D eigenvalue weighted by atomic mass is 10.2. The van der Waals surface area contributed by atoms with Gasteiger partial charge in [-0.25, -0.2) is 0 Å². The number of guanidine groups is 1. The molecule has 0 aliphatic rings. The summed E-state index contributed by atoms with van der Waals surface area (Å²) >= 11 is 1.86. The largest absolute Gasteiger partial charge is 0.375 e. The van der Waals surface area contributed by atoms with Crippen LogP contribution in [0.5, 0.6) is 0 Å². The minimum atomic E-state index is 0.657. The molecule has 0 aliphatic heterocycles. The van der Waals surface area contributed by atoms with E-state index < -0.39 is 0 Å². The molecule has 118 valence electrons. The van der Waals surface area contributed by atoms with Gasteiger partial charge in [0, 0.05) is 19.6 Å². The molecular weight excluding hydrogens is 282 g/mol. The maximum atomic E-state index is 5.64. The highest BCUT2D eigenvalue weighted by Gasteiger charge is 1.97. The molecule has 4 nitrogen and oxygen atoms in total. The van der Waals surface area contributed by atoms with E-state index in [1.807, 2.05) is 30.0 Å². The summed E-state index contributed by atoms with van der Waals surface area (Å²) in [5.41, 5.74) is 1.20. The van der Waals surface area contributed by atoms with Crippen molar-refractivity contribution in [3.8, 4) is 0 Å². The molecule has 0 aromatic heterocycles. The number of nitrogens with zero attached hydrogens (tertiary/aromatic N) is 1. The molecule has 0 amide bonds. The van der Waals surface area contributed by atoms with Gasteiger partial charge in [-0.1, -0.05) is 30.3 Å². The number of benzene rings is 1. The van der Waals surface area contributed by atoms with Crippen molar-refractivity contribution in [3.63, 3.8) is 0 Å². The summed E-state index contributed by atoms with van der Waals surface area (Å²) in [4.78, 5) is 4.53. The monoisotopic (exact) mass is 309 g/mol. The fraction of sp³-hybridized carbons (Fsp3) is 0.562. The number of hydrogen-bond donors (Lipinski definition) is 2. The molecule has 0 atom stereocenters. The van der Waals surface area contributed by atoms with Crippen molar-refractivity contribution in [2.75, 3.05) is 38.2 Å². The molecule has 0 aliphatic carbocycles. The minimum absolute atomic E-state index is 0.657. The summed E-state index contributed by atoms with van der Waals surface area (Å²) in [5, 5.41) is 6.54. The van der Waals surface area contributed by atoms with E-state index >= 15 is 0 Å². The molecule has 0 unspecified atom stereocenters. The van der Waals surface area contributed by atoms with Gasteiger partial charge in [-0.2, -0.15) is 11.8 Å². The molecule has 5 heteroatoms. The number of rotatable bonds is 10. The first kappa shape index (κ1) is 17.9. The number of aliphatic imine (C=N–C) groups is 1. The predicted molar refractivity (Wildman–Crippen MR) is 93.1 cm³/mol. The van der Waals surface area contributed by atoms with Crippen LogP contribution in [0.1, 0.15) is 18.9 Å². The van der Waals surface area contributed by atoms with E-state index in [-0.39, 0.29) is 0 Å². The first-order valence-corrected chi connectivity index (χ1v) is 8.89. The van der Waals surface area contributed by atoms with Crippen LogP contribution in [0.25, 0.3) is 0 Å². The highest BCUT2D eigenvalue weighted by molar-refractivity contribution is 7.98. The Hall–Kier alpha value is -1.20. The van der Waals surface area contributed by atoms with Gasteiger partial charge >= 0.3 is 0 Å². The first-order chi connectivity index (χ1) is 10.4. The van der Waals surface area contributed by atoms with E-state index in [9.17, 15) is 0 Å². The first-order valence-electron chi connectivity index (χ1n) is 7.49. The quantitative estimate of drug-likeness (QED) is 0.396. The van der Waals surface area contributed by atoms with E-state index in [1.54, 1.807) is 0 Å². The maximum Gasteiger partial charge on any atom is 0.191 e. The molecule has 0 fully saturated rings. The van der Waals surface area contributed by atoms with Crippen LogP contribution < -0.4 is 10.6 Å². The molecule has 1 rings (SSSR count). The Bertz CT molecular complexity index is 384. The Morgan fingerprint density at radius 1 is 1.24 bits per heavy atom. The van der Waals surface area contributed by atoms with Gasteiger partial charge in [-0.3, -0.25) is 4.99 Å². The molecular formula is C16H27N3OS. The summed E-state index contributed by atoms with van der Waals surface area (Å²) in [7, 11) is 0. The van der Waals surface area contributed by atoms with Crippen molar-refractivity contribution in [3.05, 3.63) is 35.9 Å². The smallest absolute Gasteiger partial charge is 0.191 e. The van der Waals surface area contributed by atoms with Crippen LogP contribution in [0, 0.1) is 0 Å². The second-order valence-electron chi connectivity index (χ2n) is 4.57. The van der Waals surface area contributed by atoms with Gasteiger partial charge in [-0.05, 0) is 30.9 Å². The fourth-order valence-corrected chi connectivity index (χ4v) is 2.17. The standard InChI is InChI=1S/C16H27N3OS/c1-3-17-16(18-10-7-13-21-2)19-11-12-20-14-15-8-5-4-6-9-15/h4-6,8-9H,3,7,10-14H2,1-2H3,(H2,17,18,19). The molecule has 0 saturated heterocycles.